The lowest BCUT2D eigenvalue weighted by Crippen LogP contribution is -2.30. The third-order valence-corrected chi connectivity index (χ3v) is 5.60. The van der Waals surface area contributed by atoms with Crippen LogP contribution in [0, 0.1) is 5.92 Å². The lowest BCUT2D eigenvalue weighted by atomic mass is 9.89. The van der Waals surface area contributed by atoms with Crippen molar-refractivity contribution in [1.82, 2.24) is 9.55 Å². The maximum absolute atomic E-state index is 12.9. The predicted octanol–water partition coefficient (Wildman–Crippen LogP) is 2.71. The average Bonchev–Trinajstić information content (AvgIpc) is 2.87. The number of fused-ring (bicyclic) bond motifs is 3. The highest BCUT2D eigenvalue weighted by atomic mass is 32.1. The van der Waals surface area contributed by atoms with Gasteiger partial charge in [0.1, 0.15) is 10.9 Å². The van der Waals surface area contributed by atoms with Gasteiger partial charge in [0.05, 0.1) is 18.8 Å². The predicted molar refractivity (Wildman–Crippen MR) is 86.4 cm³/mol. The first-order valence-electron chi connectivity index (χ1n) is 7.66. The molecule has 2 aromatic heterocycles. The van der Waals surface area contributed by atoms with Gasteiger partial charge < -0.3 is 4.74 Å². The molecule has 0 amide bonds. The van der Waals surface area contributed by atoms with Crippen LogP contribution in [0.5, 0.6) is 0 Å². The Morgan fingerprint density at radius 1 is 1.59 bits per heavy atom. The van der Waals surface area contributed by atoms with Gasteiger partial charge in [-0.3, -0.25) is 9.36 Å². The van der Waals surface area contributed by atoms with Crippen LogP contribution in [0.1, 0.15) is 43.2 Å². The van der Waals surface area contributed by atoms with E-state index in [1.54, 1.807) is 11.3 Å². The van der Waals surface area contributed by atoms with Gasteiger partial charge in [0, 0.05) is 4.88 Å². The van der Waals surface area contributed by atoms with Crippen molar-refractivity contribution in [1.29, 1.82) is 0 Å². The Morgan fingerprint density at radius 2 is 2.36 bits per heavy atom. The van der Waals surface area contributed by atoms with E-state index < -0.39 is 12.0 Å². The molecule has 0 fully saturated rings. The fourth-order valence-corrected chi connectivity index (χ4v) is 4.52. The van der Waals surface area contributed by atoms with Crippen LogP contribution in [0.4, 0.5) is 0 Å². The minimum absolute atomic E-state index is 0.116. The van der Waals surface area contributed by atoms with E-state index in [-0.39, 0.29) is 5.56 Å². The molecule has 1 aliphatic carbocycles. The molecule has 0 bridgehead atoms. The highest BCUT2D eigenvalue weighted by molar-refractivity contribution is 7.18. The monoisotopic (exact) mass is 320 g/mol. The number of nitrogens with zero attached hydrogens (tertiary/aromatic N) is 2. The quantitative estimate of drug-likeness (QED) is 0.816. The third kappa shape index (κ3) is 2.35. The Balaban J connectivity index is 2.17. The van der Waals surface area contributed by atoms with Crippen LogP contribution >= 0.6 is 11.3 Å². The van der Waals surface area contributed by atoms with Crippen molar-refractivity contribution < 1.29 is 9.53 Å². The summed E-state index contributed by atoms with van der Waals surface area (Å²) in [6.07, 6.45) is 5.03. The molecule has 1 aliphatic rings. The number of carbonyl (C=O) groups excluding carboxylic acids is 1. The van der Waals surface area contributed by atoms with E-state index in [1.807, 2.05) is 6.92 Å². The molecule has 0 N–H and O–H groups in total. The Hall–Kier alpha value is -1.69. The third-order valence-electron chi connectivity index (χ3n) is 4.44. The molecule has 0 radical (unpaired) electrons. The van der Waals surface area contributed by atoms with Gasteiger partial charge in [-0.2, -0.15) is 0 Å². The molecule has 2 heterocycles. The minimum Gasteiger partial charge on any atom is -0.467 e. The lowest BCUT2D eigenvalue weighted by molar-refractivity contribution is -0.144. The summed E-state index contributed by atoms with van der Waals surface area (Å²) in [5, 5.41) is 0.705. The first-order valence-corrected chi connectivity index (χ1v) is 8.47. The Labute approximate surface area is 132 Å². The van der Waals surface area contributed by atoms with E-state index in [2.05, 4.69) is 11.9 Å². The maximum atomic E-state index is 12.9. The smallest absolute Gasteiger partial charge is 0.329 e. The number of carbonyl (C=O) groups is 1. The van der Waals surface area contributed by atoms with Crippen molar-refractivity contribution >= 4 is 27.5 Å². The zero-order valence-electron chi connectivity index (χ0n) is 13.1. The zero-order valence-corrected chi connectivity index (χ0v) is 13.9. The van der Waals surface area contributed by atoms with Crippen molar-refractivity contribution in [2.75, 3.05) is 7.11 Å². The number of aromatic nitrogens is 2. The summed E-state index contributed by atoms with van der Waals surface area (Å²) in [6.45, 7) is 4.10. The van der Waals surface area contributed by atoms with Crippen LogP contribution in [0.2, 0.25) is 0 Å². The Bertz CT molecular complexity index is 778. The normalized spacial score (nSPS) is 19.0. The second kappa shape index (κ2) is 5.83. The summed E-state index contributed by atoms with van der Waals surface area (Å²) < 4.78 is 6.24. The van der Waals surface area contributed by atoms with E-state index in [1.165, 1.54) is 22.9 Å². The number of thiophene rings is 1. The van der Waals surface area contributed by atoms with Crippen LogP contribution in [-0.2, 0) is 22.4 Å². The molecular formula is C16H20N2O3S. The van der Waals surface area contributed by atoms with Gasteiger partial charge >= 0.3 is 5.97 Å². The van der Waals surface area contributed by atoms with Gasteiger partial charge in [-0.1, -0.05) is 13.8 Å². The summed E-state index contributed by atoms with van der Waals surface area (Å²) in [7, 11) is 1.34. The van der Waals surface area contributed by atoms with Crippen LogP contribution in [-0.4, -0.2) is 22.6 Å². The van der Waals surface area contributed by atoms with Crippen LogP contribution in [0.25, 0.3) is 10.2 Å². The van der Waals surface area contributed by atoms with Crippen LogP contribution < -0.4 is 5.56 Å². The SMILES string of the molecule is CCC(C(=O)OC)n1cnc2sc3c(c2c1=O)CCC(C)C3. The van der Waals surface area contributed by atoms with Crippen molar-refractivity contribution in [2.45, 2.75) is 45.6 Å². The van der Waals surface area contributed by atoms with Gasteiger partial charge in [0.2, 0.25) is 0 Å². The molecule has 118 valence electrons. The van der Waals surface area contributed by atoms with Gasteiger partial charge in [-0.05, 0) is 37.2 Å². The highest BCUT2D eigenvalue weighted by Gasteiger charge is 2.26. The molecule has 2 aromatic rings. The number of ether oxygens (including phenoxy) is 1. The summed E-state index contributed by atoms with van der Waals surface area (Å²) in [4.78, 5) is 31.3. The molecule has 2 unspecified atom stereocenters. The average molecular weight is 320 g/mol. The number of hydrogen-bond acceptors (Lipinski definition) is 5. The second-order valence-electron chi connectivity index (χ2n) is 5.94. The highest BCUT2D eigenvalue weighted by Crippen LogP contribution is 2.35. The lowest BCUT2D eigenvalue weighted by Gasteiger charge is -2.18. The summed E-state index contributed by atoms with van der Waals surface area (Å²) >= 11 is 1.62. The van der Waals surface area contributed by atoms with Gasteiger partial charge in [0.15, 0.2) is 0 Å². The number of rotatable bonds is 3. The summed E-state index contributed by atoms with van der Waals surface area (Å²) in [5.74, 6) is 0.254. The standard InChI is InChI=1S/C16H20N2O3S/c1-4-11(16(20)21-3)18-8-17-14-13(15(18)19)10-6-5-9(2)7-12(10)22-14/h8-9,11H,4-7H2,1-3H3. The van der Waals surface area contributed by atoms with E-state index in [4.69, 9.17) is 4.74 Å². The molecule has 0 spiro atoms. The first kappa shape index (κ1) is 15.2. The Kier molecular flexibility index (Phi) is 4.04. The molecule has 0 aromatic carbocycles. The number of aryl methyl sites for hydroxylation is 1. The Morgan fingerprint density at radius 3 is 3.05 bits per heavy atom. The molecule has 3 rings (SSSR count). The summed E-state index contributed by atoms with van der Waals surface area (Å²) in [6, 6.07) is -0.604. The number of esters is 1. The van der Waals surface area contributed by atoms with Crippen molar-refractivity contribution in [2.24, 2.45) is 5.92 Å². The van der Waals surface area contributed by atoms with Crippen LogP contribution in [0.15, 0.2) is 11.1 Å². The molecule has 0 saturated carbocycles. The van der Waals surface area contributed by atoms with Gasteiger partial charge in [-0.15, -0.1) is 11.3 Å². The minimum atomic E-state index is -0.604. The first-order chi connectivity index (χ1) is 10.6. The zero-order chi connectivity index (χ0) is 15.9. The maximum Gasteiger partial charge on any atom is 0.329 e. The van der Waals surface area contributed by atoms with Gasteiger partial charge in [0.25, 0.3) is 5.56 Å². The topological polar surface area (TPSA) is 61.2 Å². The molecule has 0 saturated heterocycles. The van der Waals surface area contributed by atoms with Crippen LogP contribution in [0.3, 0.4) is 0 Å². The van der Waals surface area contributed by atoms with E-state index >= 15 is 0 Å². The second-order valence-corrected chi connectivity index (χ2v) is 7.02. The fourth-order valence-electron chi connectivity index (χ4n) is 3.18. The molecule has 22 heavy (non-hydrogen) atoms. The van der Waals surface area contributed by atoms with Crippen molar-refractivity contribution in [3.63, 3.8) is 0 Å². The number of hydrogen-bond donors (Lipinski definition) is 0. The molecule has 5 nitrogen and oxygen atoms in total. The molecule has 6 heteroatoms. The van der Waals surface area contributed by atoms with Crippen molar-refractivity contribution in [3.05, 3.63) is 27.1 Å². The van der Waals surface area contributed by atoms with E-state index in [0.717, 1.165) is 29.7 Å². The van der Waals surface area contributed by atoms with Crippen molar-refractivity contribution in [3.8, 4) is 0 Å². The largest absolute Gasteiger partial charge is 0.467 e. The van der Waals surface area contributed by atoms with E-state index in [9.17, 15) is 9.59 Å². The summed E-state index contributed by atoms with van der Waals surface area (Å²) in [5.41, 5.74) is 1.03. The van der Waals surface area contributed by atoms with Gasteiger partial charge in [-0.25, -0.2) is 9.78 Å². The molecular weight excluding hydrogens is 300 g/mol. The fraction of sp³-hybridized carbons (Fsp3) is 0.562. The number of methoxy groups -OCH3 is 1. The molecule has 0 aliphatic heterocycles. The molecule has 2 atom stereocenters. The van der Waals surface area contributed by atoms with E-state index in [0.29, 0.717) is 17.7 Å².